The van der Waals surface area contributed by atoms with Crippen molar-refractivity contribution in [3.05, 3.63) is 0 Å². The van der Waals surface area contributed by atoms with Crippen molar-refractivity contribution in [1.29, 1.82) is 0 Å². The van der Waals surface area contributed by atoms with Crippen molar-refractivity contribution in [1.82, 2.24) is 10.6 Å². The summed E-state index contributed by atoms with van der Waals surface area (Å²) in [6.07, 6.45) is 7.22. The van der Waals surface area contributed by atoms with Crippen LogP contribution in [-0.2, 0) is 9.84 Å². The van der Waals surface area contributed by atoms with Gasteiger partial charge in [-0.05, 0) is 43.9 Å². The third-order valence-electron chi connectivity index (χ3n) is 4.54. The number of guanidine groups is 1. The highest BCUT2D eigenvalue weighted by Crippen LogP contribution is 2.25. The Hall–Kier alpha value is -0.0500. The Morgan fingerprint density at radius 2 is 1.86 bits per heavy atom. The lowest BCUT2D eigenvalue weighted by Gasteiger charge is -2.26. The predicted octanol–water partition coefficient (Wildman–Crippen LogP) is 1.54. The molecule has 3 aliphatic rings. The highest BCUT2D eigenvalue weighted by molar-refractivity contribution is 14.0. The van der Waals surface area contributed by atoms with Crippen LogP contribution in [0.5, 0.6) is 0 Å². The van der Waals surface area contributed by atoms with Gasteiger partial charge < -0.3 is 10.6 Å². The predicted molar refractivity (Wildman–Crippen MR) is 96.0 cm³/mol. The molecule has 2 aliphatic carbocycles. The molecular weight excluding hydrogens is 401 g/mol. The van der Waals surface area contributed by atoms with E-state index in [1.54, 1.807) is 0 Å². The van der Waals surface area contributed by atoms with E-state index >= 15 is 0 Å². The summed E-state index contributed by atoms with van der Waals surface area (Å²) in [5.41, 5.74) is 0. The molecule has 0 radical (unpaired) electrons. The number of aliphatic imine (C=N–C) groups is 1. The molecule has 7 heteroatoms. The van der Waals surface area contributed by atoms with Gasteiger partial charge in [-0.15, -0.1) is 24.0 Å². The first-order chi connectivity index (χ1) is 9.61. The summed E-state index contributed by atoms with van der Waals surface area (Å²) in [6, 6.07) is 0.579. The summed E-state index contributed by atoms with van der Waals surface area (Å²) in [5.74, 6) is 2.56. The van der Waals surface area contributed by atoms with Gasteiger partial charge in [0.2, 0.25) is 0 Å². The number of sulfone groups is 1. The molecule has 21 heavy (non-hydrogen) atoms. The quantitative estimate of drug-likeness (QED) is 0.397. The summed E-state index contributed by atoms with van der Waals surface area (Å²) in [4.78, 5) is 4.61. The molecule has 2 N–H and O–H groups in total. The smallest absolute Gasteiger partial charge is 0.191 e. The fourth-order valence-electron chi connectivity index (χ4n) is 2.75. The summed E-state index contributed by atoms with van der Waals surface area (Å²) in [5, 5.41) is 6.86. The van der Waals surface area contributed by atoms with Crippen LogP contribution in [0.4, 0.5) is 0 Å². The Bertz CT molecular complexity index is 473. The van der Waals surface area contributed by atoms with Crippen LogP contribution in [0, 0.1) is 11.8 Å². The Morgan fingerprint density at radius 3 is 2.38 bits per heavy atom. The molecule has 0 aromatic heterocycles. The van der Waals surface area contributed by atoms with Crippen LogP contribution in [0.2, 0.25) is 0 Å². The molecule has 0 aromatic carbocycles. The molecule has 0 aromatic rings. The van der Waals surface area contributed by atoms with Crippen molar-refractivity contribution in [2.75, 3.05) is 24.6 Å². The maximum Gasteiger partial charge on any atom is 0.191 e. The van der Waals surface area contributed by atoms with Gasteiger partial charge in [-0.25, -0.2) is 8.42 Å². The second kappa shape index (κ2) is 7.48. The highest BCUT2D eigenvalue weighted by Gasteiger charge is 2.28. The summed E-state index contributed by atoms with van der Waals surface area (Å²) in [6.45, 7) is 1.63. The van der Waals surface area contributed by atoms with Crippen molar-refractivity contribution in [2.45, 2.75) is 44.6 Å². The zero-order chi connectivity index (χ0) is 14.0. The minimum Gasteiger partial charge on any atom is -0.356 e. The third kappa shape index (κ3) is 5.58. The summed E-state index contributed by atoms with van der Waals surface area (Å²) < 4.78 is 22.9. The van der Waals surface area contributed by atoms with Gasteiger partial charge in [0, 0.05) is 19.1 Å². The maximum atomic E-state index is 11.5. The number of halogens is 1. The Labute approximate surface area is 144 Å². The molecule has 122 valence electrons. The Morgan fingerprint density at radius 1 is 1.10 bits per heavy atom. The SMILES string of the molecule is I.O=S1(=O)CCC(CN=C(NCC2CCC2)NC2CC2)C1. The van der Waals surface area contributed by atoms with Crippen molar-refractivity contribution in [3.63, 3.8) is 0 Å². The molecule has 3 rings (SSSR count). The van der Waals surface area contributed by atoms with Gasteiger partial charge in [0.1, 0.15) is 0 Å². The van der Waals surface area contributed by atoms with E-state index in [0.717, 1.165) is 24.8 Å². The van der Waals surface area contributed by atoms with Gasteiger partial charge in [0.05, 0.1) is 11.5 Å². The summed E-state index contributed by atoms with van der Waals surface area (Å²) in [7, 11) is -2.78. The van der Waals surface area contributed by atoms with Crippen molar-refractivity contribution < 1.29 is 8.42 Å². The molecule has 0 bridgehead atoms. The lowest BCUT2D eigenvalue weighted by atomic mass is 9.85. The lowest BCUT2D eigenvalue weighted by molar-refractivity contribution is 0.314. The van der Waals surface area contributed by atoms with E-state index in [2.05, 4.69) is 15.6 Å². The van der Waals surface area contributed by atoms with Gasteiger partial charge in [-0.3, -0.25) is 4.99 Å². The maximum absolute atomic E-state index is 11.5. The average molecular weight is 427 g/mol. The molecule has 1 saturated heterocycles. The van der Waals surface area contributed by atoms with Gasteiger partial charge in [-0.1, -0.05) is 6.42 Å². The molecule has 0 amide bonds. The fourth-order valence-corrected chi connectivity index (χ4v) is 4.60. The zero-order valence-electron chi connectivity index (χ0n) is 12.4. The van der Waals surface area contributed by atoms with Crippen molar-refractivity contribution in [3.8, 4) is 0 Å². The second-order valence-electron chi connectivity index (χ2n) is 6.55. The van der Waals surface area contributed by atoms with E-state index in [9.17, 15) is 8.42 Å². The largest absolute Gasteiger partial charge is 0.356 e. The van der Waals surface area contributed by atoms with Crippen LogP contribution >= 0.6 is 24.0 Å². The van der Waals surface area contributed by atoms with Crippen LogP contribution in [-0.4, -0.2) is 45.0 Å². The topological polar surface area (TPSA) is 70.6 Å². The molecule has 1 heterocycles. The fraction of sp³-hybridized carbons (Fsp3) is 0.929. The molecule has 3 fully saturated rings. The second-order valence-corrected chi connectivity index (χ2v) is 8.78. The van der Waals surface area contributed by atoms with E-state index < -0.39 is 9.84 Å². The van der Waals surface area contributed by atoms with Crippen molar-refractivity contribution in [2.24, 2.45) is 16.8 Å². The van der Waals surface area contributed by atoms with E-state index in [1.807, 2.05) is 0 Å². The van der Waals surface area contributed by atoms with Crippen molar-refractivity contribution >= 4 is 39.8 Å². The van der Waals surface area contributed by atoms with Gasteiger partial charge >= 0.3 is 0 Å². The van der Waals surface area contributed by atoms with Gasteiger partial charge in [-0.2, -0.15) is 0 Å². The van der Waals surface area contributed by atoms with Gasteiger partial charge in [0.15, 0.2) is 15.8 Å². The van der Waals surface area contributed by atoms with Crippen LogP contribution in [0.15, 0.2) is 4.99 Å². The first-order valence-corrected chi connectivity index (χ1v) is 9.68. The molecule has 2 saturated carbocycles. The third-order valence-corrected chi connectivity index (χ3v) is 6.37. The molecule has 1 atom stereocenters. The molecule has 1 aliphatic heterocycles. The number of rotatable bonds is 5. The minimum absolute atomic E-state index is 0. The first kappa shape index (κ1) is 17.3. The zero-order valence-corrected chi connectivity index (χ0v) is 15.5. The number of hydrogen-bond donors (Lipinski definition) is 2. The number of nitrogens with one attached hydrogen (secondary N) is 2. The van der Waals surface area contributed by atoms with E-state index in [1.165, 1.54) is 32.1 Å². The normalized spacial score (nSPS) is 28.6. The van der Waals surface area contributed by atoms with E-state index in [-0.39, 0.29) is 29.9 Å². The molecular formula is C14H26IN3O2S. The van der Waals surface area contributed by atoms with Gasteiger partial charge in [0.25, 0.3) is 0 Å². The minimum atomic E-state index is -2.78. The summed E-state index contributed by atoms with van der Waals surface area (Å²) >= 11 is 0. The highest BCUT2D eigenvalue weighted by atomic mass is 127. The van der Waals surface area contributed by atoms with Crippen LogP contribution < -0.4 is 10.6 Å². The standard InChI is InChI=1S/C14H25N3O2S.HI/c18-20(19)7-6-12(10-20)9-16-14(17-13-4-5-13)15-8-11-2-1-3-11;/h11-13H,1-10H2,(H2,15,16,17);1H. The Kier molecular flexibility index (Phi) is 6.16. The van der Waals surface area contributed by atoms with E-state index in [0.29, 0.717) is 24.1 Å². The number of hydrogen-bond acceptors (Lipinski definition) is 3. The monoisotopic (exact) mass is 427 g/mol. The molecule has 0 spiro atoms. The lowest BCUT2D eigenvalue weighted by Crippen LogP contribution is -2.42. The first-order valence-electron chi connectivity index (χ1n) is 7.86. The van der Waals surface area contributed by atoms with Crippen LogP contribution in [0.25, 0.3) is 0 Å². The van der Waals surface area contributed by atoms with Crippen LogP contribution in [0.1, 0.15) is 38.5 Å². The van der Waals surface area contributed by atoms with E-state index in [4.69, 9.17) is 0 Å². The van der Waals surface area contributed by atoms with Crippen LogP contribution in [0.3, 0.4) is 0 Å². The Balaban J connectivity index is 0.00000161. The molecule has 5 nitrogen and oxygen atoms in total. The average Bonchev–Trinajstić information content (AvgIpc) is 3.07. The number of nitrogens with zero attached hydrogens (tertiary/aromatic N) is 1. The molecule has 1 unspecified atom stereocenters.